The summed E-state index contributed by atoms with van der Waals surface area (Å²) in [7, 11) is -2.62. The summed E-state index contributed by atoms with van der Waals surface area (Å²) in [6.45, 7) is 6.80. The van der Waals surface area contributed by atoms with Crippen molar-refractivity contribution in [2.45, 2.75) is 57.6 Å². The molecule has 1 atom stereocenters. The van der Waals surface area contributed by atoms with Crippen LogP contribution in [0.2, 0.25) is 5.02 Å². The molecule has 3 rings (SSSR count). The summed E-state index contributed by atoms with van der Waals surface area (Å²) < 4.78 is 34.3. The van der Waals surface area contributed by atoms with Crippen LogP contribution in [0.15, 0.2) is 77.7 Å². The molecule has 0 radical (unpaired) electrons. The normalized spacial score (nSPS) is 12.1. The first-order chi connectivity index (χ1) is 19.0. The predicted octanol–water partition coefficient (Wildman–Crippen LogP) is 5.18. The highest BCUT2D eigenvalue weighted by atomic mass is 35.5. The molecule has 0 bridgehead atoms. The molecular formula is C30H36ClN3O5S. The first-order valence-electron chi connectivity index (χ1n) is 13.0. The zero-order valence-electron chi connectivity index (χ0n) is 23.4. The summed E-state index contributed by atoms with van der Waals surface area (Å²) in [5, 5.41) is 3.22. The lowest BCUT2D eigenvalue weighted by atomic mass is 10.1. The highest BCUT2D eigenvalue weighted by molar-refractivity contribution is 7.92. The molecule has 0 aliphatic rings. The van der Waals surface area contributed by atoms with E-state index in [0.29, 0.717) is 22.8 Å². The van der Waals surface area contributed by atoms with Crippen molar-refractivity contribution in [3.05, 3.63) is 88.9 Å². The molecule has 0 aliphatic carbocycles. The van der Waals surface area contributed by atoms with Gasteiger partial charge in [-0.3, -0.25) is 13.9 Å². The molecule has 10 heteroatoms. The van der Waals surface area contributed by atoms with E-state index >= 15 is 0 Å². The minimum Gasteiger partial charge on any atom is -0.497 e. The van der Waals surface area contributed by atoms with Crippen molar-refractivity contribution in [2.75, 3.05) is 18.0 Å². The second kappa shape index (κ2) is 13.7. The van der Waals surface area contributed by atoms with Crippen LogP contribution in [-0.2, 0) is 26.2 Å². The number of aryl methyl sites for hydroxylation is 1. The number of nitrogens with one attached hydrogen (secondary N) is 1. The number of nitrogens with zero attached hydrogens (tertiary/aromatic N) is 2. The SMILES string of the molecule is CCC(C(=O)NC(C)C)N(Cc1cccc(OC)c1)C(=O)CN(c1cc(Cl)ccc1C)S(=O)(=O)c1ccccc1. The Kier molecular flexibility index (Phi) is 10.6. The summed E-state index contributed by atoms with van der Waals surface area (Å²) >= 11 is 6.27. The van der Waals surface area contributed by atoms with Crippen LogP contribution in [0.5, 0.6) is 5.75 Å². The summed E-state index contributed by atoms with van der Waals surface area (Å²) in [4.78, 5) is 28.8. The molecule has 0 saturated carbocycles. The van der Waals surface area contributed by atoms with Crippen molar-refractivity contribution in [3.63, 3.8) is 0 Å². The first kappa shape index (κ1) is 31.0. The summed E-state index contributed by atoms with van der Waals surface area (Å²) in [5.41, 5.74) is 1.64. The van der Waals surface area contributed by atoms with Crippen LogP contribution in [0.3, 0.4) is 0 Å². The molecule has 214 valence electrons. The third-order valence-electron chi connectivity index (χ3n) is 6.35. The second-order valence-electron chi connectivity index (χ2n) is 9.72. The Hall–Kier alpha value is -3.56. The number of benzene rings is 3. The number of ether oxygens (including phenoxy) is 1. The van der Waals surface area contributed by atoms with E-state index in [2.05, 4.69) is 5.32 Å². The van der Waals surface area contributed by atoms with Crippen molar-refractivity contribution in [1.29, 1.82) is 0 Å². The first-order valence-corrected chi connectivity index (χ1v) is 14.9. The third kappa shape index (κ3) is 7.55. The van der Waals surface area contributed by atoms with E-state index in [4.69, 9.17) is 16.3 Å². The number of sulfonamides is 1. The standard InChI is InChI=1S/C30H36ClN3O5S/c1-6-27(30(36)32-21(2)3)33(19-23-11-10-12-25(17-23)39-5)29(35)20-34(28-18-24(31)16-15-22(28)4)40(37,38)26-13-8-7-9-14-26/h7-18,21,27H,6,19-20H2,1-5H3,(H,32,36). The zero-order valence-corrected chi connectivity index (χ0v) is 25.0. The van der Waals surface area contributed by atoms with Gasteiger partial charge in [0.05, 0.1) is 17.7 Å². The molecule has 1 unspecified atom stereocenters. The number of carbonyl (C=O) groups excluding carboxylic acids is 2. The molecule has 0 spiro atoms. The van der Waals surface area contributed by atoms with Gasteiger partial charge in [0.25, 0.3) is 10.0 Å². The van der Waals surface area contributed by atoms with Crippen molar-refractivity contribution in [1.82, 2.24) is 10.2 Å². The van der Waals surface area contributed by atoms with E-state index in [1.165, 1.54) is 23.1 Å². The van der Waals surface area contributed by atoms with Gasteiger partial charge in [-0.15, -0.1) is 0 Å². The molecular weight excluding hydrogens is 550 g/mol. The number of anilines is 1. The van der Waals surface area contributed by atoms with Crippen molar-refractivity contribution >= 4 is 39.1 Å². The van der Waals surface area contributed by atoms with Gasteiger partial charge in [-0.2, -0.15) is 0 Å². The highest BCUT2D eigenvalue weighted by Crippen LogP contribution is 2.30. The lowest BCUT2D eigenvalue weighted by molar-refractivity contribution is -0.140. The van der Waals surface area contributed by atoms with E-state index in [1.54, 1.807) is 62.6 Å². The van der Waals surface area contributed by atoms with E-state index in [9.17, 15) is 18.0 Å². The minimum atomic E-state index is -4.17. The van der Waals surface area contributed by atoms with Gasteiger partial charge < -0.3 is 15.0 Å². The fourth-order valence-corrected chi connectivity index (χ4v) is 6.01. The zero-order chi connectivity index (χ0) is 29.4. The Labute approximate surface area is 241 Å². The Balaban J connectivity index is 2.10. The predicted molar refractivity (Wildman–Crippen MR) is 158 cm³/mol. The highest BCUT2D eigenvalue weighted by Gasteiger charge is 2.34. The minimum absolute atomic E-state index is 0.0334. The molecule has 0 aliphatic heterocycles. The molecule has 0 saturated heterocycles. The van der Waals surface area contributed by atoms with Crippen LogP contribution >= 0.6 is 11.6 Å². The quantitative estimate of drug-likeness (QED) is 0.316. The van der Waals surface area contributed by atoms with Gasteiger partial charge in [0.15, 0.2) is 0 Å². The van der Waals surface area contributed by atoms with E-state index in [1.807, 2.05) is 26.8 Å². The van der Waals surface area contributed by atoms with Gasteiger partial charge >= 0.3 is 0 Å². The Morgan fingerprint density at radius 3 is 2.33 bits per heavy atom. The number of rotatable bonds is 12. The molecule has 0 fully saturated rings. The summed E-state index contributed by atoms with van der Waals surface area (Å²) in [6, 6.07) is 19.0. The topological polar surface area (TPSA) is 96.0 Å². The number of hydrogen-bond donors (Lipinski definition) is 1. The third-order valence-corrected chi connectivity index (χ3v) is 8.36. The van der Waals surface area contributed by atoms with Gasteiger partial charge in [0.2, 0.25) is 11.8 Å². The fourth-order valence-electron chi connectivity index (χ4n) is 4.35. The fraction of sp³-hybridized carbons (Fsp3) is 0.333. The molecule has 1 N–H and O–H groups in total. The largest absolute Gasteiger partial charge is 0.497 e. The maximum atomic E-state index is 14.1. The van der Waals surface area contributed by atoms with Gasteiger partial charge in [0, 0.05) is 17.6 Å². The summed E-state index contributed by atoms with van der Waals surface area (Å²) in [5.74, 6) is -0.245. The number of carbonyl (C=O) groups is 2. The smallest absolute Gasteiger partial charge is 0.264 e. The average Bonchev–Trinajstić information content (AvgIpc) is 2.93. The molecule has 3 aromatic carbocycles. The van der Waals surface area contributed by atoms with Crippen LogP contribution < -0.4 is 14.4 Å². The number of halogens is 1. The monoisotopic (exact) mass is 585 g/mol. The van der Waals surface area contributed by atoms with E-state index < -0.39 is 28.5 Å². The molecule has 0 aromatic heterocycles. The lowest BCUT2D eigenvalue weighted by Crippen LogP contribution is -2.53. The number of amides is 2. The average molecular weight is 586 g/mol. The van der Waals surface area contributed by atoms with Gasteiger partial charge in [0.1, 0.15) is 18.3 Å². The molecule has 40 heavy (non-hydrogen) atoms. The van der Waals surface area contributed by atoms with Crippen LogP contribution in [0, 0.1) is 6.92 Å². The molecule has 3 aromatic rings. The maximum Gasteiger partial charge on any atom is 0.264 e. The molecule has 8 nitrogen and oxygen atoms in total. The molecule has 2 amide bonds. The number of hydrogen-bond acceptors (Lipinski definition) is 5. The Bertz CT molecular complexity index is 1430. The van der Waals surface area contributed by atoms with Gasteiger partial charge in [-0.25, -0.2) is 8.42 Å². The lowest BCUT2D eigenvalue weighted by Gasteiger charge is -2.34. The summed E-state index contributed by atoms with van der Waals surface area (Å²) in [6.07, 6.45) is 0.329. The maximum absolute atomic E-state index is 14.1. The van der Waals surface area contributed by atoms with E-state index in [0.717, 1.165) is 9.87 Å². The van der Waals surface area contributed by atoms with Crippen LogP contribution in [0.4, 0.5) is 5.69 Å². The van der Waals surface area contributed by atoms with Gasteiger partial charge in [-0.1, -0.05) is 54.9 Å². The van der Waals surface area contributed by atoms with Gasteiger partial charge in [-0.05, 0) is 74.7 Å². The van der Waals surface area contributed by atoms with Crippen molar-refractivity contribution in [3.8, 4) is 5.75 Å². The van der Waals surface area contributed by atoms with Crippen LogP contribution in [-0.4, -0.2) is 50.9 Å². The van der Waals surface area contributed by atoms with Crippen molar-refractivity contribution in [2.24, 2.45) is 0 Å². The Morgan fingerprint density at radius 2 is 1.70 bits per heavy atom. The van der Waals surface area contributed by atoms with Crippen LogP contribution in [0.1, 0.15) is 38.3 Å². The van der Waals surface area contributed by atoms with E-state index in [-0.39, 0.29) is 29.1 Å². The molecule has 0 heterocycles. The van der Waals surface area contributed by atoms with Crippen molar-refractivity contribution < 1.29 is 22.7 Å². The van der Waals surface area contributed by atoms with Crippen LogP contribution in [0.25, 0.3) is 0 Å². The second-order valence-corrected chi connectivity index (χ2v) is 12.0. The Morgan fingerprint density at radius 1 is 1.00 bits per heavy atom. The number of methoxy groups -OCH3 is 1.